The lowest BCUT2D eigenvalue weighted by Gasteiger charge is -2.40. The van der Waals surface area contributed by atoms with Gasteiger partial charge in [-0.15, -0.1) is 0 Å². The standard InChI is InChI=1S/C17H20N4O2/c22-9-17(10-23-11-17)8-19-16-13-2-1-3-14(13)20-15(21-16)12-4-6-18-7-5-12/h4-7,22H,1-3,8-11H2,(H,19,20,21). The van der Waals surface area contributed by atoms with E-state index in [2.05, 4.69) is 10.3 Å². The van der Waals surface area contributed by atoms with Crippen LogP contribution in [0.2, 0.25) is 0 Å². The number of nitrogens with zero attached hydrogens (tertiary/aromatic N) is 3. The molecule has 0 unspecified atom stereocenters. The molecule has 1 aliphatic carbocycles. The normalized spacial score (nSPS) is 18.3. The number of aliphatic hydroxyl groups is 1. The van der Waals surface area contributed by atoms with Crippen LogP contribution in [-0.4, -0.2) is 46.4 Å². The fourth-order valence-electron chi connectivity index (χ4n) is 3.12. The van der Waals surface area contributed by atoms with Crippen molar-refractivity contribution in [3.05, 3.63) is 35.8 Å². The number of fused-ring (bicyclic) bond motifs is 1. The maximum absolute atomic E-state index is 9.58. The molecule has 0 atom stereocenters. The average molecular weight is 312 g/mol. The molecule has 0 spiro atoms. The quantitative estimate of drug-likeness (QED) is 0.870. The van der Waals surface area contributed by atoms with Crippen molar-refractivity contribution in [3.8, 4) is 11.4 Å². The van der Waals surface area contributed by atoms with E-state index in [0.717, 1.165) is 42.2 Å². The summed E-state index contributed by atoms with van der Waals surface area (Å²) in [5, 5.41) is 13.0. The highest BCUT2D eigenvalue weighted by atomic mass is 16.5. The molecule has 2 aromatic heterocycles. The molecular formula is C17H20N4O2. The number of nitrogens with one attached hydrogen (secondary N) is 1. The first-order valence-electron chi connectivity index (χ1n) is 8.02. The van der Waals surface area contributed by atoms with E-state index in [-0.39, 0.29) is 12.0 Å². The summed E-state index contributed by atoms with van der Waals surface area (Å²) in [6.45, 7) is 2.00. The van der Waals surface area contributed by atoms with Crippen LogP contribution in [0.5, 0.6) is 0 Å². The van der Waals surface area contributed by atoms with E-state index in [1.807, 2.05) is 12.1 Å². The highest BCUT2D eigenvalue weighted by molar-refractivity contribution is 5.60. The molecule has 6 heteroatoms. The Morgan fingerprint density at radius 3 is 2.70 bits per heavy atom. The highest BCUT2D eigenvalue weighted by Crippen LogP contribution is 2.31. The number of hydrogen-bond acceptors (Lipinski definition) is 6. The molecule has 1 fully saturated rings. The van der Waals surface area contributed by atoms with Crippen molar-refractivity contribution in [2.45, 2.75) is 19.3 Å². The predicted octanol–water partition coefficient (Wildman–Crippen LogP) is 1.45. The molecule has 6 nitrogen and oxygen atoms in total. The second-order valence-electron chi connectivity index (χ2n) is 6.41. The number of anilines is 1. The van der Waals surface area contributed by atoms with Gasteiger partial charge in [0.05, 0.1) is 25.2 Å². The molecule has 120 valence electrons. The third-order valence-electron chi connectivity index (χ3n) is 4.65. The van der Waals surface area contributed by atoms with Crippen LogP contribution < -0.4 is 5.32 Å². The van der Waals surface area contributed by atoms with Crippen LogP contribution in [0.4, 0.5) is 5.82 Å². The second kappa shape index (κ2) is 5.86. The van der Waals surface area contributed by atoms with Crippen molar-refractivity contribution < 1.29 is 9.84 Å². The number of pyridine rings is 1. The van der Waals surface area contributed by atoms with E-state index in [9.17, 15) is 5.11 Å². The first-order valence-corrected chi connectivity index (χ1v) is 8.02. The maximum Gasteiger partial charge on any atom is 0.161 e. The van der Waals surface area contributed by atoms with Crippen LogP contribution in [0.25, 0.3) is 11.4 Å². The van der Waals surface area contributed by atoms with E-state index >= 15 is 0 Å². The zero-order valence-corrected chi connectivity index (χ0v) is 13.0. The highest BCUT2D eigenvalue weighted by Gasteiger charge is 2.38. The summed E-state index contributed by atoms with van der Waals surface area (Å²) in [4.78, 5) is 13.5. The molecule has 0 saturated carbocycles. The number of aryl methyl sites for hydroxylation is 1. The van der Waals surface area contributed by atoms with E-state index in [1.54, 1.807) is 12.4 Å². The molecule has 0 radical (unpaired) electrons. The molecule has 0 bridgehead atoms. The summed E-state index contributed by atoms with van der Waals surface area (Å²) in [6.07, 6.45) is 6.64. The maximum atomic E-state index is 9.58. The van der Waals surface area contributed by atoms with Crippen LogP contribution in [-0.2, 0) is 17.6 Å². The van der Waals surface area contributed by atoms with Crippen LogP contribution in [0, 0.1) is 5.41 Å². The van der Waals surface area contributed by atoms with Gasteiger partial charge in [0.1, 0.15) is 5.82 Å². The minimum atomic E-state index is -0.173. The lowest BCUT2D eigenvalue weighted by molar-refractivity contribution is -0.128. The Morgan fingerprint density at radius 2 is 2.00 bits per heavy atom. The molecule has 2 aromatic rings. The monoisotopic (exact) mass is 312 g/mol. The molecule has 1 saturated heterocycles. The van der Waals surface area contributed by atoms with Gasteiger partial charge >= 0.3 is 0 Å². The molecule has 2 N–H and O–H groups in total. The van der Waals surface area contributed by atoms with Crippen molar-refractivity contribution >= 4 is 5.82 Å². The van der Waals surface area contributed by atoms with E-state index in [0.29, 0.717) is 19.8 Å². The average Bonchev–Trinajstić information content (AvgIpc) is 3.03. The number of rotatable bonds is 5. The fourth-order valence-corrected chi connectivity index (χ4v) is 3.12. The zero-order valence-electron chi connectivity index (χ0n) is 13.0. The molecule has 0 aromatic carbocycles. The van der Waals surface area contributed by atoms with Crippen molar-refractivity contribution in [2.75, 3.05) is 31.7 Å². The van der Waals surface area contributed by atoms with Gasteiger partial charge in [-0.1, -0.05) is 0 Å². The van der Waals surface area contributed by atoms with Gasteiger partial charge in [0.25, 0.3) is 0 Å². The molecule has 23 heavy (non-hydrogen) atoms. The summed E-state index contributed by atoms with van der Waals surface area (Å²) >= 11 is 0. The van der Waals surface area contributed by atoms with Crippen LogP contribution in [0.15, 0.2) is 24.5 Å². The topological polar surface area (TPSA) is 80.2 Å². The smallest absolute Gasteiger partial charge is 0.161 e. The van der Waals surface area contributed by atoms with Crippen LogP contribution in [0.3, 0.4) is 0 Å². The minimum Gasteiger partial charge on any atom is -0.396 e. The van der Waals surface area contributed by atoms with E-state index in [4.69, 9.17) is 14.7 Å². The lowest BCUT2D eigenvalue weighted by atomic mass is 9.87. The predicted molar refractivity (Wildman–Crippen MR) is 86.1 cm³/mol. The van der Waals surface area contributed by atoms with Crippen molar-refractivity contribution in [2.24, 2.45) is 5.41 Å². The minimum absolute atomic E-state index is 0.129. The summed E-state index contributed by atoms with van der Waals surface area (Å²) in [5.41, 5.74) is 3.16. The lowest BCUT2D eigenvalue weighted by Crippen LogP contribution is -2.50. The molecule has 1 aliphatic heterocycles. The summed E-state index contributed by atoms with van der Waals surface area (Å²) in [7, 11) is 0. The third-order valence-corrected chi connectivity index (χ3v) is 4.65. The Hall–Kier alpha value is -2.05. The van der Waals surface area contributed by atoms with Crippen LogP contribution >= 0.6 is 0 Å². The van der Waals surface area contributed by atoms with Gasteiger partial charge in [-0.25, -0.2) is 9.97 Å². The largest absolute Gasteiger partial charge is 0.396 e. The van der Waals surface area contributed by atoms with Crippen LogP contribution in [0.1, 0.15) is 17.7 Å². The molecule has 0 amide bonds. The van der Waals surface area contributed by atoms with Crippen molar-refractivity contribution in [1.29, 1.82) is 0 Å². The third kappa shape index (κ3) is 2.68. The Balaban J connectivity index is 1.64. The van der Waals surface area contributed by atoms with Gasteiger partial charge in [0.2, 0.25) is 0 Å². The number of ether oxygens (including phenoxy) is 1. The van der Waals surface area contributed by atoms with Crippen molar-refractivity contribution in [1.82, 2.24) is 15.0 Å². The van der Waals surface area contributed by atoms with Gasteiger partial charge < -0.3 is 15.2 Å². The SMILES string of the molecule is OCC1(CNc2nc(-c3ccncc3)nc3c2CCC3)COC1. The summed E-state index contributed by atoms with van der Waals surface area (Å²) in [6, 6.07) is 3.85. The second-order valence-corrected chi connectivity index (χ2v) is 6.41. The van der Waals surface area contributed by atoms with E-state index in [1.165, 1.54) is 5.56 Å². The molecule has 2 aliphatic rings. The summed E-state index contributed by atoms with van der Waals surface area (Å²) < 4.78 is 5.26. The van der Waals surface area contributed by atoms with E-state index < -0.39 is 0 Å². The summed E-state index contributed by atoms with van der Waals surface area (Å²) in [5.74, 6) is 1.64. The van der Waals surface area contributed by atoms with Gasteiger partial charge in [-0.2, -0.15) is 0 Å². The first-order chi connectivity index (χ1) is 11.3. The molecule has 3 heterocycles. The number of hydrogen-bond donors (Lipinski definition) is 2. The molecule has 4 rings (SSSR count). The Labute approximate surface area is 135 Å². The number of aliphatic hydroxyl groups excluding tert-OH is 1. The zero-order chi connectivity index (χ0) is 15.7. The molecular weight excluding hydrogens is 292 g/mol. The Morgan fingerprint density at radius 1 is 1.17 bits per heavy atom. The number of aromatic nitrogens is 3. The van der Waals surface area contributed by atoms with Gasteiger partial charge in [-0.3, -0.25) is 4.98 Å². The Kier molecular flexibility index (Phi) is 3.71. The first kappa shape index (κ1) is 14.5. The van der Waals surface area contributed by atoms with Gasteiger partial charge in [-0.05, 0) is 31.4 Å². The van der Waals surface area contributed by atoms with Gasteiger partial charge in [0, 0.05) is 35.8 Å². The van der Waals surface area contributed by atoms with Crippen molar-refractivity contribution in [3.63, 3.8) is 0 Å². The fraction of sp³-hybridized carbons (Fsp3) is 0.471. The van der Waals surface area contributed by atoms with Gasteiger partial charge in [0.15, 0.2) is 5.82 Å². The Bertz CT molecular complexity index is 696.